The van der Waals surface area contributed by atoms with Gasteiger partial charge in [0.2, 0.25) is 0 Å². The summed E-state index contributed by atoms with van der Waals surface area (Å²) in [7, 11) is 0.485. The molecule has 2 fully saturated rings. The van der Waals surface area contributed by atoms with Gasteiger partial charge in [-0.1, -0.05) is 0 Å². The molecule has 22 heteroatoms. The highest BCUT2D eigenvalue weighted by Gasteiger charge is 2.96. The molecule has 2 bridgehead atoms. The summed E-state index contributed by atoms with van der Waals surface area (Å²) in [6.07, 6.45) is -12.3. The van der Waals surface area contributed by atoms with Gasteiger partial charge in [0.05, 0.1) is 31.0 Å². The van der Waals surface area contributed by atoms with E-state index in [0.717, 1.165) is 0 Å². The molecule has 40 heavy (non-hydrogen) atoms. The summed E-state index contributed by atoms with van der Waals surface area (Å²) in [5, 5.41) is 19.1. The van der Waals surface area contributed by atoms with Gasteiger partial charge in [-0.3, -0.25) is 9.59 Å². The minimum Gasteiger partial charge on any atom is -0.481 e. The quantitative estimate of drug-likeness (QED) is 0.273. The number of carboxylic acid groups (broad SMARTS) is 1. The number of carboxylic acids is 1. The molecule has 0 aromatic heterocycles. The number of rotatable bonds is 9. The van der Waals surface area contributed by atoms with Crippen molar-refractivity contribution in [2.75, 3.05) is 7.11 Å². The van der Waals surface area contributed by atoms with Gasteiger partial charge < -0.3 is 14.9 Å². The predicted molar refractivity (Wildman–Crippen MR) is 88.4 cm³/mol. The lowest BCUT2D eigenvalue weighted by Crippen LogP contribution is -2.75. The van der Waals surface area contributed by atoms with Crippen molar-refractivity contribution >= 4 is 11.9 Å². The molecule has 6 atom stereocenters. The molecular formula is C18H13F17O5. The second-order valence-corrected chi connectivity index (χ2v) is 9.06. The molecule has 2 saturated carbocycles. The highest BCUT2D eigenvalue weighted by molar-refractivity contribution is 5.83. The number of carbonyl (C=O) groups is 2. The third-order valence-corrected chi connectivity index (χ3v) is 7.05. The Morgan fingerprint density at radius 3 is 1.35 bits per heavy atom. The minimum atomic E-state index is -8.81. The van der Waals surface area contributed by atoms with Crippen molar-refractivity contribution in [2.45, 2.75) is 60.2 Å². The molecular weight excluding hydrogens is 619 g/mol. The molecule has 6 unspecified atom stereocenters. The van der Waals surface area contributed by atoms with E-state index in [4.69, 9.17) is 0 Å². The van der Waals surface area contributed by atoms with Crippen LogP contribution >= 0.6 is 0 Å². The van der Waals surface area contributed by atoms with Gasteiger partial charge in [-0.25, -0.2) is 0 Å². The predicted octanol–water partition coefficient (Wildman–Crippen LogP) is 5.11. The third kappa shape index (κ3) is 3.92. The average Bonchev–Trinajstić information content (AvgIpc) is 3.32. The number of hydrogen-bond acceptors (Lipinski definition) is 4. The van der Waals surface area contributed by atoms with E-state index in [1.807, 2.05) is 0 Å². The molecule has 2 aliphatic rings. The average molecular weight is 632 g/mol. The van der Waals surface area contributed by atoms with Crippen molar-refractivity contribution < 1.29 is 99.2 Å². The number of fused-ring (bicyclic) bond motifs is 2. The Labute approximate surface area is 209 Å². The Hall–Kier alpha value is -2.29. The van der Waals surface area contributed by atoms with Gasteiger partial charge in [0.25, 0.3) is 0 Å². The zero-order chi connectivity index (χ0) is 32.0. The lowest BCUT2D eigenvalue weighted by molar-refractivity contribution is -0.464. The first-order valence-electron chi connectivity index (χ1n) is 10.1. The molecule has 0 saturated heterocycles. The van der Waals surface area contributed by atoms with Crippen LogP contribution in [0, 0.1) is 29.6 Å². The molecule has 0 aromatic carbocycles. The van der Waals surface area contributed by atoms with Crippen molar-refractivity contribution in [2.24, 2.45) is 29.6 Å². The van der Waals surface area contributed by atoms with E-state index in [0.29, 0.717) is 7.11 Å². The summed E-state index contributed by atoms with van der Waals surface area (Å²) in [5.74, 6) is -75.4. The van der Waals surface area contributed by atoms with Gasteiger partial charge in [0, 0.05) is 0 Å². The van der Waals surface area contributed by atoms with Crippen LogP contribution in [0.5, 0.6) is 0 Å². The van der Waals surface area contributed by atoms with E-state index in [1.54, 1.807) is 0 Å². The fourth-order valence-electron chi connectivity index (χ4n) is 5.04. The van der Waals surface area contributed by atoms with Crippen molar-refractivity contribution in [1.82, 2.24) is 0 Å². The number of esters is 1. The minimum absolute atomic E-state index is 0.485. The molecule has 2 rings (SSSR count). The second kappa shape index (κ2) is 9.10. The van der Waals surface area contributed by atoms with E-state index in [1.165, 1.54) is 0 Å². The van der Waals surface area contributed by atoms with Gasteiger partial charge in [-0.15, -0.1) is 0 Å². The lowest BCUT2D eigenvalue weighted by Gasteiger charge is -2.46. The number of aliphatic hydroxyl groups is 1. The smallest absolute Gasteiger partial charge is 0.460 e. The normalized spacial score (nSPS) is 29.1. The van der Waals surface area contributed by atoms with Crippen LogP contribution in [-0.2, 0) is 14.3 Å². The first-order chi connectivity index (χ1) is 17.4. The van der Waals surface area contributed by atoms with Crippen LogP contribution in [0.3, 0.4) is 0 Å². The molecule has 2 aliphatic carbocycles. The highest BCUT2D eigenvalue weighted by Crippen LogP contribution is 2.68. The summed E-state index contributed by atoms with van der Waals surface area (Å²) in [4.78, 5) is 23.3. The molecule has 0 amide bonds. The molecule has 2 N–H and O–H groups in total. The van der Waals surface area contributed by atoms with Crippen LogP contribution in [0.1, 0.15) is 6.42 Å². The number of ether oxygens (including phenoxy) is 1. The van der Waals surface area contributed by atoms with E-state index in [2.05, 4.69) is 4.74 Å². The maximum atomic E-state index is 14.8. The zero-order valence-corrected chi connectivity index (χ0v) is 18.7. The van der Waals surface area contributed by atoms with Gasteiger partial charge in [0.15, 0.2) is 0 Å². The Bertz CT molecular complexity index is 1020. The number of aliphatic carboxylic acids is 1. The Morgan fingerprint density at radius 1 is 0.625 bits per heavy atom. The lowest BCUT2D eigenvalue weighted by atomic mass is 9.68. The molecule has 0 aliphatic heterocycles. The largest absolute Gasteiger partial charge is 0.481 e. The summed E-state index contributed by atoms with van der Waals surface area (Å²) in [5.41, 5.74) is 0. The van der Waals surface area contributed by atoms with Crippen LogP contribution in [0.15, 0.2) is 0 Å². The number of alkyl halides is 17. The van der Waals surface area contributed by atoms with Crippen molar-refractivity contribution in [1.29, 1.82) is 0 Å². The summed E-state index contributed by atoms with van der Waals surface area (Å²) in [6, 6.07) is 0. The van der Waals surface area contributed by atoms with Crippen LogP contribution in [0.2, 0.25) is 0 Å². The van der Waals surface area contributed by atoms with Crippen LogP contribution in [0.25, 0.3) is 0 Å². The van der Waals surface area contributed by atoms with Crippen molar-refractivity contribution in [3.63, 3.8) is 0 Å². The molecule has 0 heterocycles. The zero-order valence-electron chi connectivity index (χ0n) is 18.7. The third-order valence-electron chi connectivity index (χ3n) is 7.05. The number of carbonyl (C=O) groups excluding carboxylic acids is 1. The Balaban J connectivity index is 2.66. The Morgan fingerprint density at radius 2 is 1.00 bits per heavy atom. The van der Waals surface area contributed by atoms with E-state index in [9.17, 15) is 94.4 Å². The summed E-state index contributed by atoms with van der Waals surface area (Å²) in [6.45, 7) is 0. The second-order valence-electron chi connectivity index (χ2n) is 9.06. The maximum absolute atomic E-state index is 14.8. The fraction of sp³-hybridized carbons (Fsp3) is 0.889. The monoisotopic (exact) mass is 632 g/mol. The van der Waals surface area contributed by atoms with Crippen LogP contribution < -0.4 is 0 Å². The van der Waals surface area contributed by atoms with Crippen LogP contribution in [-0.4, -0.2) is 83.0 Å². The molecule has 5 nitrogen and oxygen atoms in total. The van der Waals surface area contributed by atoms with Crippen molar-refractivity contribution in [3.8, 4) is 0 Å². The fourth-order valence-corrected chi connectivity index (χ4v) is 5.04. The molecule has 0 aromatic rings. The first-order valence-corrected chi connectivity index (χ1v) is 10.1. The van der Waals surface area contributed by atoms with E-state index < -0.39 is 102 Å². The summed E-state index contributed by atoms with van der Waals surface area (Å²) < 4.78 is 235. The number of halogens is 17. The molecule has 0 spiro atoms. The highest BCUT2D eigenvalue weighted by atomic mass is 19.4. The number of methoxy groups -OCH3 is 1. The van der Waals surface area contributed by atoms with E-state index >= 15 is 0 Å². The molecule has 234 valence electrons. The topological polar surface area (TPSA) is 83.8 Å². The SMILES string of the molecule is COC(=O)C1C2CC(C(O)C2C(F)(F)C(F)(F)C(F)(F)C(F)(F)C(F)(F)C(F)(F)C(F)(F)C(F)(F)F)C1C(=O)O. The van der Waals surface area contributed by atoms with Gasteiger partial charge >= 0.3 is 59.6 Å². The first kappa shape index (κ1) is 33.9. The van der Waals surface area contributed by atoms with Crippen LogP contribution in [0.4, 0.5) is 74.6 Å². The number of hydrogen-bond donors (Lipinski definition) is 2. The van der Waals surface area contributed by atoms with E-state index in [-0.39, 0.29) is 0 Å². The summed E-state index contributed by atoms with van der Waals surface area (Å²) >= 11 is 0. The Kier molecular flexibility index (Phi) is 7.72. The number of aliphatic hydroxyl groups excluding tert-OH is 1. The maximum Gasteiger partial charge on any atom is 0.460 e. The standard InChI is InChI=1S/C18H13F17O5/c1-40-10(39)6-3-2-4(5(6)9(37)38)8(36)7(3)11(19,20)12(21,22)13(23,24)14(25,26)15(27,28)16(29,30)17(31,32)18(33,34)35/h3-8,36H,2H2,1H3,(H,37,38). The van der Waals surface area contributed by atoms with Gasteiger partial charge in [-0.2, -0.15) is 74.6 Å². The molecule has 0 radical (unpaired) electrons. The van der Waals surface area contributed by atoms with Gasteiger partial charge in [-0.05, 0) is 18.3 Å². The van der Waals surface area contributed by atoms with Gasteiger partial charge in [0.1, 0.15) is 0 Å². The van der Waals surface area contributed by atoms with Crippen molar-refractivity contribution in [3.05, 3.63) is 0 Å².